The molecule has 1 amide bonds. The van der Waals surface area contributed by atoms with Gasteiger partial charge in [-0.2, -0.15) is 0 Å². The van der Waals surface area contributed by atoms with Crippen molar-refractivity contribution in [2.75, 3.05) is 33.3 Å². The van der Waals surface area contributed by atoms with Crippen molar-refractivity contribution in [3.63, 3.8) is 0 Å². The number of hydrogen-bond acceptors (Lipinski definition) is 7. The van der Waals surface area contributed by atoms with Crippen molar-refractivity contribution >= 4 is 12.1 Å². The van der Waals surface area contributed by atoms with Crippen molar-refractivity contribution in [3.8, 4) is 5.75 Å². The van der Waals surface area contributed by atoms with Crippen LogP contribution in [0, 0.1) is 26.6 Å². The summed E-state index contributed by atoms with van der Waals surface area (Å²) in [4.78, 5) is 33.1. The highest BCUT2D eigenvalue weighted by molar-refractivity contribution is 5.91. The zero-order valence-electron chi connectivity index (χ0n) is 23.1. The standard InChI is InChI=1S/C28H38FN3O5/c1-17-12-24(18(2)11-21(17)26(33)35-8)36-25(23-13-22(29)19(3)14-30-23)16-31-9-10-32(20(4)15-31)27(34)37-28(5,6)7/h11-14,20,25H,9-10,15-16H2,1-8H3/t20-,25-/m1/s1. The maximum Gasteiger partial charge on any atom is 0.410 e. The van der Waals surface area contributed by atoms with E-state index in [1.807, 2.05) is 41.5 Å². The Balaban J connectivity index is 1.83. The van der Waals surface area contributed by atoms with Crippen molar-refractivity contribution in [2.24, 2.45) is 0 Å². The van der Waals surface area contributed by atoms with Gasteiger partial charge in [0.05, 0.1) is 18.4 Å². The van der Waals surface area contributed by atoms with Gasteiger partial charge in [-0.25, -0.2) is 14.0 Å². The number of ether oxygens (including phenoxy) is 3. The third kappa shape index (κ3) is 7.19. The summed E-state index contributed by atoms with van der Waals surface area (Å²) in [5.41, 5.74) is 2.31. The lowest BCUT2D eigenvalue weighted by molar-refractivity contribution is -0.00321. The second kappa shape index (κ2) is 11.5. The van der Waals surface area contributed by atoms with Crippen LogP contribution in [0.15, 0.2) is 24.4 Å². The number of methoxy groups -OCH3 is 1. The van der Waals surface area contributed by atoms with Gasteiger partial charge in [0, 0.05) is 44.0 Å². The van der Waals surface area contributed by atoms with Crippen LogP contribution < -0.4 is 4.74 Å². The molecule has 0 spiro atoms. The summed E-state index contributed by atoms with van der Waals surface area (Å²) in [6.45, 7) is 15.0. The minimum absolute atomic E-state index is 0.0738. The molecule has 1 aromatic carbocycles. The van der Waals surface area contributed by atoms with E-state index < -0.39 is 17.7 Å². The summed E-state index contributed by atoms with van der Waals surface area (Å²) < 4.78 is 31.4. The molecule has 2 heterocycles. The number of piperazine rings is 1. The molecule has 8 nitrogen and oxygen atoms in total. The zero-order chi connectivity index (χ0) is 27.5. The van der Waals surface area contributed by atoms with E-state index in [-0.39, 0.29) is 18.0 Å². The fourth-order valence-corrected chi connectivity index (χ4v) is 4.31. The van der Waals surface area contributed by atoms with Gasteiger partial charge in [-0.3, -0.25) is 9.88 Å². The number of carbonyl (C=O) groups excluding carboxylic acids is 2. The van der Waals surface area contributed by atoms with Crippen LogP contribution in [0.1, 0.15) is 66.5 Å². The third-order valence-corrected chi connectivity index (χ3v) is 6.35. The van der Waals surface area contributed by atoms with Crippen LogP contribution in [0.25, 0.3) is 0 Å². The summed E-state index contributed by atoms with van der Waals surface area (Å²) in [7, 11) is 1.35. The Labute approximate surface area is 218 Å². The average molecular weight is 516 g/mol. The molecule has 1 aliphatic rings. The van der Waals surface area contributed by atoms with E-state index in [0.717, 1.165) is 5.56 Å². The molecule has 1 aliphatic heterocycles. The molecule has 202 valence electrons. The number of carbonyl (C=O) groups is 2. The van der Waals surface area contributed by atoms with Crippen LogP contribution >= 0.6 is 0 Å². The highest BCUT2D eigenvalue weighted by Gasteiger charge is 2.32. The lowest BCUT2D eigenvalue weighted by atomic mass is 10.0. The topological polar surface area (TPSA) is 81.2 Å². The van der Waals surface area contributed by atoms with E-state index in [1.54, 1.807) is 24.0 Å². The monoisotopic (exact) mass is 515 g/mol. The van der Waals surface area contributed by atoms with E-state index in [9.17, 15) is 14.0 Å². The Morgan fingerprint density at radius 2 is 1.81 bits per heavy atom. The number of pyridine rings is 1. The van der Waals surface area contributed by atoms with Crippen LogP contribution in [0.3, 0.4) is 0 Å². The predicted molar refractivity (Wildman–Crippen MR) is 138 cm³/mol. The SMILES string of the molecule is COC(=O)c1cc(C)c(O[C@H](CN2CCN(C(=O)OC(C)(C)C)[C@H](C)C2)c2cc(F)c(C)cn2)cc1C. The Kier molecular flexibility index (Phi) is 8.79. The number of nitrogens with zero attached hydrogens (tertiary/aromatic N) is 3. The van der Waals surface area contributed by atoms with E-state index >= 15 is 0 Å². The van der Waals surface area contributed by atoms with Crippen molar-refractivity contribution in [3.05, 3.63) is 58.2 Å². The minimum Gasteiger partial charge on any atom is -0.482 e. The Morgan fingerprint density at radius 1 is 1.11 bits per heavy atom. The summed E-state index contributed by atoms with van der Waals surface area (Å²) >= 11 is 0. The molecule has 1 saturated heterocycles. The number of benzene rings is 1. The van der Waals surface area contributed by atoms with Gasteiger partial charge in [0.25, 0.3) is 0 Å². The Bertz CT molecular complexity index is 1150. The number of halogens is 1. The number of esters is 1. The molecule has 0 bridgehead atoms. The van der Waals surface area contributed by atoms with Gasteiger partial charge in [0.2, 0.25) is 0 Å². The largest absolute Gasteiger partial charge is 0.482 e. The Morgan fingerprint density at radius 3 is 2.41 bits per heavy atom. The molecule has 3 rings (SSSR count). The molecule has 2 aromatic rings. The molecule has 9 heteroatoms. The number of hydrogen-bond donors (Lipinski definition) is 0. The maximum absolute atomic E-state index is 14.5. The number of aryl methyl sites for hydroxylation is 3. The summed E-state index contributed by atoms with van der Waals surface area (Å²) in [5.74, 6) is -0.183. The molecule has 1 aromatic heterocycles. The molecule has 0 saturated carbocycles. The molecule has 0 aliphatic carbocycles. The molecule has 2 atom stereocenters. The first-order chi connectivity index (χ1) is 17.3. The van der Waals surface area contributed by atoms with Gasteiger partial charge in [-0.1, -0.05) is 0 Å². The molecule has 0 unspecified atom stereocenters. The third-order valence-electron chi connectivity index (χ3n) is 6.35. The van der Waals surface area contributed by atoms with Crippen molar-refractivity contribution in [1.82, 2.24) is 14.8 Å². The molecule has 37 heavy (non-hydrogen) atoms. The van der Waals surface area contributed by atoms with Gasteiger partial charge >= 0.3 is 12.1 Å². The van der Waals surface area contributed by atoms with Crippen molar-refractivity contribution < 1.29 is 28.2 Å². The van der Waals surface area contributed by atoms with Gasteiger partial charge < -0.3 is 19.1 Å². The fourth-order valence-electron chi connectivity index (χ4n) is 4.31. The normalized spacial score (nSPS) is 17.3. The zero-order valence-corrected chi connectivity index (χ0v) is 23.1. The highest BCUT2D eigenvalue weighted by Crippen LogP contribution is 2.29. The second-order valence-corrected chi connectivity index (χ2v) is 10.7. The van der Waals surface area contributed by atoms with Crippen LogP contribution in [-0.4, -0.2) is 71.8 Å². The lowest BCUT2D eigenvalue weighted by Crippen LogP contribution is -2.55. The van der Waals surface area contributed by atoms with Crippen LogP contribution in [-0.2, 0) is 9.47 Å². The van der Waals surface area contributed by atoms with Crippen molar-refractivity contribution in [1.29, 1.82) is 0 Å². The molecule has 1 fully saturated rings. The van der Waals surface area contributed by atoms with E-state index in [0.29, 0.717) is 54.3 Å². The van der Waals surface area contributed by atoms with E-state index in [2.05, 4.69) is 9.88 Å². The molecular weight excluding hydrogens is 477 g/mol. The predicted octanol–water partition coefficient (Wildman–Crippen LogP) is 4.99. The van der Waals surface area contributed by atoms with Crippen molar-refractivity contribution in [2.45, 2.75) is 66.2 Å². The quantitative estimate of drug-likeness (QED) is 0.501. The first kappa shape index (κ1) is 28.4. The molecule has 0 radical (unpaired) electrons. The summed E-state index contributed by atoms with van der Waals surface area (Å²) in [6.07, 6.45) is 0.603. The average Bonchev–Trinajstić information content (AvgIpc) is 2.80. The Hall–Kier alpha value is -3.20. The number of aromatic nitrogens is 1. The highest BCUT2D eigenvalue weighted by atomic mass is 19.1. The van der Waals surface area contributed by atoms with Crippen LogP contribution in [0.4, 0.5) is 9.18 Å². The van der Waals surface area contributed by atoms with Gasteiger partial charge in [-0.05, 0) is 77.8 Å². The first-order valence-electron chi connectivity index (χ1n) is 12.5. The molecular formula is C28H38FN3O5. The van der Waals surface area contributed by atoms with Crippen LogP contribution in [0.2, 0.25) is 0 Å². The van der Waals surface area contributed by atoms with Gasteiger partial charge in [0.15, 0.2) is 6.10 Å². The fraction of sp³-hybridized carbons (Fsp3) is 0.536. The van der Waals surface area contributed by atoms with Gasteiger partial charge in [0.1, 0.15) is 17.2 Å². The number of amides is 1. The second-order valence-electron chi connectivity index (χ2n) is 10.7. The maximum atomic E-state index is 14.5. The van der Waals surface area contributed by atoms with E-state index in [1.165, 1.54) is 19.4 Å². The van der Waals surface area contributed by atoms with Crippen LogP contribution in [0.5, 0.6) is 5.75 Å². The van der Waals surface area contributed by atoms with Gasteiger partial charge in [-0.15, -0.1) is 0 Å². The molecule has 0 N–H and O–H groups in total. The first-order valence-corrected chi connectivity index (χ1v) is 12.5. The summed E-state index contributed by atoms with van der Waals surface area (Å²) in [6, 6.07) is 4.86. The van der Waals surface area contributed by atoms with E-state index in [4.69, 9.17) is 14.2 Å². The minimum atomic E-state index is -0.572. The summed E-state index contributed by atoms with van der Waals surface area (Å²) in [5, 5.41) is 0. The smallest absolute Gasteiger partial charge is 0.410 e. The number of rotatable bonds is 6. The lowest BCUT2D eigenvalue weighted by Gasteiger charge is -2.41.